The molecule has 0 radical (unpaired) electrons. The average Bonchev–Trinajstić information content (AvgIpc) is 2.84. The average molecular weight is 453 g/mol. The van der Waals surface area contributed by atoms with Gasteiger partial charge in [-0.25, -0.2) is 18.7 Å². The van der Waals surface area contributed by atoms with Crippen molar-refractivity contribution < 1.29 is 23.0 Å². The van der Waals surface area contributed by atoms with E-state index in [-0.39, 0.29) is 24.1 Å². The minimum atomic E-state index is -0.894. The summed E-state index contributed by atoms with van der Waals surface area (Å²) >= 11 is 0. The molecule has 1 aliphatic rings. The van der Waals surface area contributed by atoms with Gasteiger partial charge >= 0.3 is 5.97 Å². The van der Waals surface area contributed by atoms with E-state index in [1.54, 1.807) is 12.1 Å². The largest absolute Gasteiger partial charge is 0.489 e. The van der Waals surface area contributed by atoms with Crippen molar-refractivity contribution in [3.63, 3.8) is 0 Å². The summed E-state index contributed by atoms with van der Waals surface area (Å²) in [6.45, 7) is 3.94. The van der Waals surface area contributed by atoms with Crippen LogP contribution in [0.25, 0.3) is 11.4 Å². The van der Waals surface area contributed by atoms with Gasteiger partial charge < -0.3 is 9.47 Å². The zero-order valence-corrected chi connectivity index (χ0v) is 18.6. The summed E-state index contributed by atoms with van der Waals surface area (Å²) < 4.78 is 37.5. The van der Waals surface area contributed by atoms with Gasteiger partial charge in [0, 0.05) is 48.9 Å². The Morgan fingerprint density at radius 1 is 1.18 bits per heavy atom. The first kappa shape index (κ1) is 22.8. The zero-order valence-electron chi connectivity index (χ0n) is 18.6. The maximum Gasteiger partial charge on any atom is 0.309 e. The van der Waals surface area contributed by atoms with Gasteiger partial charge in [-0.1, -0.05) is 19.1 Å². The van der Waals surface area contributed by atoms with Crippen molar-refractivity contribution in [2.45, 2.75) is 26.5 Å². The number of methoxy groups -OCH3 is 1. The molecule has 1 unspecified atom stereocenters. The van der Waals surface area contributed by atoms with Gasteiger partial charge in [-0.2, -0.15) is 0 Å². The monoisotopic (exact) mass is 453 g/mol. The fourth-order valence-corrected chi connectivity index (χ4v) is 3.85. The summed E-state index contributed by atoms with van der Waals surface area (Å²) in [4.78, 5) is 23.1. The first-order chi connectivity index (χ1) is 15.9. The Morgan fingerprint density at radius 3 is 2.73 bits per heavy atom. The fourth-order valence-electron chi connectivity index (χ4n) is 3.85. The molecule has 8 heteroatoms. The first-order valence-corrected chi connectivity index (χ1v) is 10.8. The van der Waals surface area contributed by atoms with E-state index in [0.717, 1.165) is 35.9 Å². The van der Waals surface area contributed by atoms with Crippen LogP contribution in [0.15, 0.2) is 48.7 Å². The number of benzene rings is 2. The van der Waals surface area contributed by atoms with E-state index < -0.39 is 11.6 Å². The number of hydrogen-bond donors (Lipinski definition) is 0. The maximum atomic E-state index is 13.8. The lowest BCUT2D eigenvalue weighted by molar-refractivity contribution is -0.145. The highest BCUT2D eigenvalue weighted by Crippen LogP contribution is 2.24. The number of esters is 1. The first-order valence-electron chi connectivity index (χ1n) is 10.8. The minimum Gasteiger partial charge on any atom is -0.489 e. The third kappa shape index (κ3) is 5.34. The Bertz CT molecular complexity index is 1140. The molecule has 4 rings (SSSR count). The van der Waals surface area contributed by atoms with E-state index in [1.165, 1.54) is 19.2 Å². The van der Waals surface area contributed by atoms with Crippen LogP contribution in [0, 0.1) is 17.6 Å². The molecule has 3 aromatic rings. The molecule has 33 heavy (non-hydrogen) atoms. The molecule has 0 amide bonds. The van der Waals surface area contributed by atoms with Gasteiger partial charge in [0.05, 0.1) is 18.7 Å². The van der Waals surface area contributed by atoms with E-state index in [4.69, 9.17) is 14.5 Å². The molecule has 0 bridgehead atoms. The van der Waals surface area contributed by atoms with Crippen molar-refractivity contribution in [1.82, 2.24) is 14.9 Å². The SMILES string of the molecule is COC(=O)C(C)CN1CCc2nc(-c3ccc(OCc4cccc(F)c4F)cc3)ncc2C1. The van der Waals surface area contributed by atoms with Gasteiger partial charge in [-0.3, -0.25) is 9.69 Å². The Morgan fingerprint density at radius 2 is 1.97 bits per heavy atom. The molecule has 6 nitrogen and oxygen atoms in total. The van der Waals surface area contributed by atoms with Crippen molar-refractivity contribution in [1.29, 1.82) is 0 Å². The molecule has 0 spiro atoms. The Labute approximate surface area is 191 Å². The topological polar surface area (TPSA) is 64.5 Å². The van der Waals surface area contributed by atoms with E-state index in [2.05, 4.69) is 9.88 Å². The zero-order chi connectivity index (χ0) is 23.4. The third-order valence-corrected chi connectivity index (χ3v) is 5.69. The molecule has 172 valence electrons. The van der Waals surface area contributed by atoms with Gasteiger partial charge in [0.1, 0.15) is 12.4 Å². The Balaban J connectivity index is 1.39. The highest BCUT2D eigenvalue weighted by Gasteiger charge is 2.23. The number of aromatic nitrogens is 2. The van der Waals surface area contributed by atoms with Crippen LogP contribution in [0.2, 0.25) is 0 Å². The Kier molecular flexibility index (Phi) is 6.93. The summed E-state index contributed by atoms with van der Waals surface area (Å²) in [5.41, 5.74) is 3.05. The molecule has 2 aromatic carbocycles. The summed E-state index contributed by atoms with van der Waals surface area (Å²) in [7, 11) is 1.41. The van der Waals surface area contributed by atoms with Crippen molar-refractivity contribution in [2.24, 2.45) is 5.92 Å². The highest BCUT2D eigenvalue weighted by molar-refractivity contribution is 5.72. The predicted octanol–water partition coefficient (Wildman–Crippen LogP) is 4.17. The van der Waals surface area contributed by atoms with Crippen molar-refractivity contribution >= 4 is 5.97 Å². The quantitative estimate of drug-likeness (QED) is 0.501. The summed E-state index contributed by atoms with van der Waals surface area (Å²) in [6, 6.07) is 11.2. The van der Waals surface area contributed by atoms with Crippen molar-refractivity contribution in [3.05, 3.63) is 77.1 Å². The van der Waals surface area contributed by atoms with Gasteiger partial charge in [-0.05, 0) is 30.3 Å². The van der Waals surface area contributed by atoms with Crippen LogP contribution >= 0.6 is 0 Å². The molecule has 0 saturated carbocycles. The second-order valence-electron chi connectivity index (χ2n) is 8.10. The third-order valence-electron chi connectivity index (χ3n) is 5.69. The number of halogens is 2. The van der Waals surface area contributed by atoms with Crippen LogP contribution in [-0.4, -0.2) is 41.0 Å². The lowest BCUT2D eigenvalue weighted by Gasteiger charge is -2.29. The molecular formula is C25H25F2N3O3. The summed E-state index contributed by atoms with van der Waals surface area (Å²) in [5.74, 6) is -1.02. The van der Waals surface area contributed by atoms with Gasteiger partial charge in [0.25, 0.3) is 0 Å². The summed E-state index contributed by atoms with van der Waals surface area (Å²) in [6.07, 6.45) is 2.61. The molecule has 0 N–H and O–H groups in total. The van der Waals surface area contributed by atoms with E-state index in [0.29, 0.717) is 24.7 Å². The molecular weight excluding hydrogens is 428 g/mol. The molecule has 1 atom stereocenters. The molecule has 1 aromatic heterocycles. The number of rotatable bonds is 7. The van der Waals surface area contributed by atoms with Crippen molar-refractivity contribution in [3.8, 4) is 17.1 Å². The van der Waals surface area contributed by atoms with Crippen LogP contribution in [0.1, 0.15) is 23.7 Å². The van der Waals surface area contributed by atoms with E-state index in [9.17, 15) is 13.6 Å². The Hall–Kier alpha value is -3.39. The van der Waals surface area contributed by atoms with Crippen LogP contribution in [-0.2, 0) is 29.1 Å². The number of fused-ring (bicyclic) bond motifs is 1. The highest BCUT2D eigenvalue weighted by atomic mass is 19.2. The van der Waals surface area contributed by atoms with Crippen LogP contribution in [0.3, 0.4) is 0 Å². The van der Waals surface area contributed by atoms with Crippen LogP contribution in [0.5, 0.6) is 5.75 Å². The normalized spacial score (nSPS) is 14.4. The number of nitrogens with zero attached hydrogens (tertiary/aromatic N) is 3. The van der Waals surface area contributed by atoms with Gasteiger partial charge in [-0.15, -0.1) is 0 Å². The van der Waals surface area contributed by atoms with Crippen LogP contribution in [0.4, 0.5) is 8.78 Å². The molecule has 0 saturated heterocycles. The second-order valence-corrected chi connectivity index (χ2v) is 8.10. The molecule has 1 aliphatic heterocycles. The van der Waals surface area contributed by atoms with E-state index >= 15 is 0 Å². The van der Waals surface area contributed by atoms with E-state index in [1.807, 2.05) is 25.3 Å². The fraction of sp³-hybridized carbons (Fsp3) is 0.320. The predicted molar refractivity (Wildman–Crippen MR) is 118 cm³/mol. The smallest absolute Gasteiger partial charge is 0.309 e. The minimum absolute atomic E-state index is 0.0661. The molecule has 0 fully saturated rings. The lowest BCUT2D eigenvalue weighted by atomic mass is 10.0. The van der Waals surface area contributed by atoms with Gasteiger partial charge in [0.15, 0.2) is 17.5 Å². The standard InChI is InChI=1S/C25H25F2N3O3/c1-16(25(31)32-2)13-30-11-10-22-19(14-30)12-28-24(29-22)17-6-8-20(9-7-17)33-15-18-4-3-5-21(26)23(18)27/h3-9,12,16H,10-11,13-15H2,1-2H3. The maximum absolute atomic E-state index is 13.8. The number of carbonyl (C=O) groups excluding carboxylic acids is 1. The lowest BCUT2D eigenvalue weighted by Crippen LogP contribution is -2.36. The number of hydrogen-bond acceptors (Lipinski definition) is 6. The number of ether oxygens (including phenoxy) is 2. The second kappa shape index (κ2) is 10.0. The number of carbonyl (C=O) groups is 1. The molecule has 2 heterocycles. The van der Waals surface area contributed by atoms with Crippen LogP contribution < -0.4 is 4.74 Å². The molecule has 0 aliphatic carbocycles. The van der Waals surface area contributed by atoms with Crippen molar-refractivity contribution in [2.75, 3.05) is 20.2 Å². The summed E-state index contributed by atoms with van der Waals surface area (Å²) in [5, 5.41) is 0. The van der Waals surface area contributed by atoms with Gasteiger partial charge in [0.2, 0.25) is 0 Å².